The van der Waals surface area contributed by atoms with Crippen LogP contribution in [0.1, 0.15) is 11.1 Å². The van der Waals surface area contributed by atoms with Crippen LogP contribution in [0.5, 0.6) is 0 Å². The fourth-order valence-corrected chi connectivity index (χ4v) is 3.18. The van der Waals surface area contributed by atoms with E-state index in [-0.39, 0.29) is 15.1 Å². The Bertz CT molecular complexity index is 748. The molecule has 4 nitrogen and oxygen atoms in total. The summed E-state index contributed by atoms with van der Waals surface area (Å²) >= 11 is 11.5. The summed E-state index contributed by atoms with van der Waals surface area (Å²) < 4.78 is 26.8. The van der Waals surface area contributed by atoms with Gasteiger partial charge in [0.1, 0.15) is 10.0 Å². The molecule has 0 bridgehead atoms. The van der Waals surface area contributed by atoms with Crippen molar-refractivity contribution in [2.24, 2.45) is 0 Å². The van der Waals surface area contributed by atoms with Crippen molar-refractivity contribution >= 4 is 33.2 Å². The van der Waals surface area contributed by atoms with Gasteiger partial charge in [0.2, 0.25) is 10.0 Å². The van der Waals surface area contributed by atoms with E-state index in [2.05, 4.69) is 9.71 Å². The summed E-state index contributed by atoms with van der Waals surface area (Å²) in [6, 6.07) is 9.13. The number of aromatic nitrogens is 1. The average molecular weight is 345 g/mol. The van der Waals surface area contributed by atoms with Crippen LogP contribution in [0.4, 0.5) is 0 Å². The van der Waals surface area contributed by atoms with E-state index in [0.717, 1.165) is 11.1 Å². The molecule has 0 amide bonds. The van der Waals surface area contributed by atoms with E-state index in [9.17, 15) is 8.42 Å². The van der Waals surface area contributed by atoms with Crippen LogP contribution in [0.15, 0.2) is 41.4 Å². The molecule has 21 heavy (non-hydrogen) atoms. The monoisotopic (exact) mass is 344 g/mol. The van der Waals surface area contributed by atoms with Gasteiger partial charge in [-0.25, -0.2) is 18.1 Å². The van der Waals surface area contributed by atoms with Crippen LogP contribution in [0, 0.1) is 6.92 Å². The molecule has 0 fully saturated rings. The van der Waals surface area contributed by atoms with Gasteiger partial charge in [-0.3, -0.25) is 0 Å². The number of rotatable bonds is 5. The normalized spacial score (nSPS) is 11.6. The number of hydrogen-bond acceptors (Lipinski definition) is 3. The maximum Gasteiger partial charge on any atom is 0.242 e. The predicted octanol–water partition coefficient (Wildman–Crippen LogP) is 3.22. The molecule has 0 spiro atoms. The Morgan fingerprint density at radius 3 is 2.62 bits per heavy atom. The highest BCUT2D eigenvalue weighted by molar-refractivity contribution is 7.89. The van der Waals surface area contributed by atoms with Crippen molar-refractivity contribution in [1.82, 2.24) is 9.71 Å². The maximum atomic E-state index is 12.1. The summed E-state index contributed by atoms with van der Waals surface area (Å²) in [6.07, 6.45) is 1.80. The molecule has 112 valence electrons. The standard InChI is InChI=1S/C14H14Cl2N2O2S/c1-10-4-2-3-5-11(10)6-7-18-21(19,20)12-8-13(15)14(16)17-9-12/h2-5,8-9,18H,6-7H2,1H3. The van der Waals surface area contributed by atoms with E-state index in [4.69, 9.17) is 23.2 Å². The molecule has 0 atom stereocenters. The third-order valence-electron chi connectivity index (χ3n) is 3.03. The van der Waals surface area contributed by atoms with Gasteiger partial charge in [-0.2, -0.15) is 0 Å². The molecule has 2 rings (SSSR count). The Morgan fingerprint density at radius 1 is 1.24 bits per heavy atom. The molecule has 0 aliphatic heterocycles. The van der Waals surface area contributed by atoms with Gasteiger partial charge in [0.25, 0.3) is 0 Å². The van der Waals surface area contributed by atoms with Crippen molar-refractivity contribution in [1.29, 1.82) is 0 Å². The smallest absolute Gasteiger partial charge is 0.242 e. The van der Waals surface area contributed by atoms with E-state index in [1.807, 2.05) is 31.2 Å². The first-order valence-corrected chi connectivity index (χ1v) is 8.49. The lowest BCUT2D eigenvalue weighted by Gasteiger charge is -2.08. The minimum atomic E-state index is -3.64. The minimum absolute atomic E-state index is 0.00156. The minimum Gasteiger partial charge on any atom is -0.242 e. The molecular weight excluding hydrogens is 331 g/mol. The fourth-order valence-electron chi connectivity index (χ4n) is 1.84. The molecule has 0 unspecified atom stereocenters. The Kier molecular flexibility index (Phi) is 5.22. The van der Waals surface area contributed by atoms with E-state index in [0.29, 0.717) is 13.0 Å². The van der Waals surface area contributed by atoms with Crippen LogP contribution in [-0.2, 0) is 16.4 Å². The number of nitrogens with one attached hydrogen (secondary N) is 1. The SMILES string of the molecule is Cc1ccccc1CCNS(=O)(=O)c1cnc(Cl)c(Cl)c1. The van der Waals surface area contributed by atoms with Gasteiger partial charge in [-0.1, -0.05) is 47.5 Å². The van der Waals surface area contributed by atoms with Gasteiger partial charge in [-0.05, 0) is 30.5 Å². The Balaban J connectivity index is 2.05. The number of hydrogen-bond donors (Lipinski definition) is 1. The topological polar surface area (TPSA) is 59.1 Å². The molecule has 0 aliphatic carbocycles. The number of benzene rings is 1. The van der Waals surface area contributed by atoms with Crippen LogP contribution in [0.3, 0.4) is 0 Å². The molecule has 2 aromatic rings. The van der Waals surface area contributed by atoms with Crippen molar-refractivity contribution in [3.05, 3.63) is 57.8 Å². The van der Waals surface area contributed by atoms with Crippen molar-refractivity contribution in [3.63, 3.8) is 0 Å². The molecule has 0 aliphatic rings. The summed E-state index contributed by atoms with van der Waals surface area (Å²) in [5.41, 5.74) is 2.24. The van der Waals surface area contributed by atoms with Gasteiger partial charge >= 0.3 is 0 Å². The third kappa shape index (κ3) is 4.17. The molecule has 0 radical (unpaired) electrons. The zero-order chi connectivity index (χ0) is 15.5. The lowest BCUT2D eigenvalue weighted by Crippen LogP contribution is -2.26. The van der Waals surface area contributed by atoms with Gasteiger partial charge in [0.05, 0.1) is 5.02 Å². The van der Waals surface area contributed by atoms with Crippen molar-refractivity contribution in [3.8, 4) is 0 Å². The van der Waals surface area contributed by atoms with Crippen LogP contribution < -0.4 is 4.72 Å². The summed E-state index contributed by atoms with van der Waals surface area (Å²) in [5, 5.41) is 0.189. The van der Waals surface area contributed by atoms with Crippen LogP contribution >= 0.6 is 23.2 Å². The lowest BCUT2D eigenvalue weighted by molar-refractivity contribution is 0.581. The number of pyridine rings is 1. The van der Waals surface area contributed by atoms with Crippen molar-refractivity contribution in [2.75, 3.05) is 6.54 Å². The number of halogens is 2. The van der Waals surface area contributed by atoms with E-state index in [1.54, 1.807) is 0 Å². The number of sulfonamides is 1. The molecule has 1 N–H and O–H groups in total. The summed E-state index contributed by atoms with van der Waals surface area (Å²) in [5.74, 6) is 0. The average Bonchev–Trinajstić information content (AvgIpc) is 2.44. The van der Waals surface area contributed by atoms with Gasteiger partial charge in [0, 0.05) is 12.7 Å². The lowest BCUT2D eigenvalue weighted by atomic mass is 10.1. The first-order valence-electron chi connectivity index (χ1n) is 6.25. The Hall–Kier alpha value is -1.14. The van der Waals surface area contributed by atoms with Crippen molar-refractivity contribution in [2.45, 2.75) is 18.2 Å². The number of aryl methyl sites for hydroxylation is 1. The fraction of sp³-hybridized carbons (Fsp3) is 0.214. The molecule has 0 saturated carbocycles. The van der Waals surface area contributed by atoms with Crippen LogP contribution in [-0.4, -0.2) is 19.9 Å². The molecule has 7 heteroatoms. The second-order valence-electron chi connectivity index (χ2n) is 4.52. The molecule has 1 heterocycles. The number of nitrogens with zero attached hydrogens (tertiary/aromatic N) is 1. The largest absolute Gasteiger partial charge is 0.242 e. The highest BCUT2D eigenvalue weighted by Crippen LogP contribution is 2.22. The van der Waals surface area contributed by atoms with Crippen LogP contribution in [0.25, 0.3) is 0 Å². The van der Waals surface area contributed by atoms with Gasteiger partial charge in [0.15, 0.2) is 0 Å². The predicted molar refractivity (Wildman–Crippen MR) is 84.3 cm³/mol. The quantitative estimate of drug-likeness (QED) is 0.847. The highest BCUT2D eigenvalue weighted by atomic mass is 35.5. The van der Waals surface area contributed by atoms with Crippen LogP contribution in [0.2, 0.25) is 10.2 Å². The summed E-state index contributed by atoms with van der Waals surface area (Å²) in [6.45, 7) is 2.29. The molecule has 0 saturated heterocycles. The first-order chi connectivity index (χ1) is 9.90. The Morgan fingerprint density at radius 2 is 1.95 bits per heavy atom. The zero-order valence-electron chi connectivity index (χ0n) is 11.3. The maximum absolute atomic E-state index is 12.1. The molecule has 1 aromatic heterocycles. The van der Waals surface area contributed by atoms with E-state index >= 15 is 0 Å². The van der Waals surface area contributed by atoms with Gasteiger partial charge in [-0.15, -0.1) is 0 Å². The van der Waals surface area contributed by atoms with Gasteiger partial charge < -0.3 is 0 Å². The Labute approximate surface area is 134 Å². The molecular formula is C14H14Cl2N2O2S. The van der Waals surface area contributed by atoms with Crippen molar-refractivity contribution < 1.29 is 8.42 Å². The zero-order valence-corrected chi connectivity index (χ0v) is 13.6. The highest BCUT2D eigenvalue weighted by Gasteiger charge is 2.15. The van der Waals surface area contributed by atoms with E-state index < -0.39 is 10.0 Å². The third-order valence-corrected chi connectivity index (χ3v) is 5.14. The second kappa shape index (κ2) is 6.75. The second-order valence-corrected chi connectivity index (χ2v) is 7.05. The van der Waals surface area contributed by atoms with E-state index in [1.165, 1.54) is 12.3 Å². The molecule has 1 aromatic carbocycles. The first kappa shape index (κ1) is 16.2. The summed E-state index contributed by atoms with van der Waals surface area (Å²) in [4.78, 5) is 3.74. The summed E-state index contributed by atoms with van der Waals surface area (Å²) in [7, 11) is -3.64.